The SMILES string of the molecule is C[NH+]1CCc2nc3ccccc3c(C(=O)OCC(=O)Nc3ccccc3F)c2C1. The molecule has 2 N–H and O–H groups in total. The Morgan fingerprint density at radius 1 is 1.17 bits per heavy atom. The number of ether oxygens (including phenoxy) is 1. The normalized spacial score (nSPS) is 15.6. The highest BCUT2D eigenvalue weighted by atomic mass is 19.1. The Kier molecular flexibility index (Phi) is 5.22. The minimum Gasteiger partial charge on any atom is -0.452 e. The molecule has 0 saturated heterocycles. The molecule has 29 heavy (non-hydrogen) atoms. The van der Waals surface area contributed by atoms with Gasteiger partial charge in [-0.3, -0.25) is 9.78 Å². The number of nitrogens with zero attached hydrogens (tertiary/aromatic N) is 1. The molecule has 1 aromatic heterocycles. The van der Waals surface area contributed by atoms with Crippen LogP contribution in [0.2, 0.25) is 0 Å². The fourth-order valence-electron chi connectivity index (χ4n) is 3.61. The van der Waals surface area contributed by atoms with Gasteiger partial charge in [-0.2, -0.15) is 0 Å². The first kappa shape index (κ1) is 19.0. The smallest absolute Gasteiger partial charge is 0.339 e. The minimum absolute atomic E-state index is 0.0468. The first-order valence-electron chi connectivity index (χ1n) is 9.46. The van der Waals surface area contributed by atoms with Crippen LogP contribution < -0.4 is 10.2 Å². The lowest BCUT2D eigenvalue weighted by molar-refractivity contribution is -0.895. The lowest BCUT2D eigenvalue weighted by atomic mass is 9.96. The quantitative estimate of drug-likeness (QED) is 0.662. The molecule has 1 unspecified atom stereocenters. The van der Waals surface area contributed by atoms with Crippen LogP contribution >= 0.6 is 0 Å². The highest BCUT2D eigenvalue weighted by Gasteiger charge is 2.27. The van der Waals surface area contributed by atoms with Crippen LogP contribution in [0.15, 0.2) is 48.5 Å². The number of fused-ring (bicyclic) bond motifs is 2. The third-order valence-corrected chi connectivity index (χ3v) is 5.03. The molecule has 0 fully saturated rings. The van der Waals surface area contributed by atoms with Crippen LogP contribution in [-0.2, 0) is 22.5 Å². The monoisotopic (exact) mass is 394 g/mol. The predicted octanol–water partition coefficient (Wildman–Crippen LogP) is 1.74. The van der Waals surface area contributed by atoms with Gasteiger partial charge in [0.2, 0.25) is 0 Å². The van der Waals surface area contributed by atoms with Crippen molar-refractivity contribution in [1.82, 2.24) is 4.98 Å². The number of anilines is 1. The van der Waals surface area contributed by atoms with E-state index in [0.717, 1.165) is 29.7 Å². The third-order valence-electron chi connectivity index (χ3n) is 5.03. The highest BCUT2D eigenvalue weighted by molar-refractivity contribution is 6.06. The molecule has 0 radical (unpaired) electrons. The van der Waals surface area contributed by atoms with Gasteiger partial charge < -0.3 is 15.0 Å². The molecule has 1 aliphatic heterocycles. The Hall–Kier alpha value is -3.32. The number of amides is 1. The molecule has 6 nitrogen and oxygen atoms in total. The zero-order chi connectivity index (χ0) is 20.4. The average Bonchev–Trinajstić information content (AvgIpc) is 2.72. The maximum absolute atomic E-state index is 13.7. The Bertz CT molecular complexity index is 1100. The molecule has 2 heterocycles. The third kappa shape index (κ3) is 3.95. The summed E-state index contributed by atoms with van der Waals surface area (Å²) in [5, 5.41) is 3.12. The molecule has 4 rings (SSSR count). The standard InChI is InChI=1S/C22H20FN3O3/c1-26-11-10-18-15(12-26)21(14-6-2-4-8-17(14)24-18)22(28)29-13-20(27)25-19-9-5-3-7-16(19)23/h2-9H,10-13H2,1H3,(H,25,27)/p+1. The number of benzene rings is 2. The van der Waals surface area contributed by atoms with Crippen LogP contribution in [0.25, 0.3) is 10.9 Å². The van der Waals surface area contributed by atoms with Crippen LogP contribution in [0.5, 0.6) is 0 Å². The van der Waals surface area contributed by atoms with Gasteiger partial charge in [-0.1, -0.05) is 30.3 Å². The summed E-state index contributed by atoms with van der Waals surface area (Å²) >= 11 is 0. The summed E-state index contributed by atoms with van der Waals surface area (Å²) < 4.78 is 19.0. The summed E-state index contributed by atoms with van der Waals surface area (Å²) in [7, 11) is 2.06. The molecule has 7 heteroatoms. The Labute approximate surface area is 167 Å². The first-order valence-corrected chi connectivity index (χ1v) is 9.46. The van der Waals surface area contributed by atoms with E-state index >= 15 is 0 Å². The molecular weight excluding hydrogens is 373 g/mol. The summed E-state index contributed by atoms with van der Waals surface area (Å²) in [6.07, 6.45) is 0.778. The van der Waals surface area contributed by atoms with Gasteiger partial charge in [-0.05, 0) is 18.2 Å². The molecule has 1 amide bonds. The van der Waals surface area contributed by atoms with E-state index in [-0.39, 0.29) is 5.69 Å². The van der Waals surface area contributed by atoms with E-state index in [4.69, 9.17) is 9.72 Å². The molecule has 2 aromatic carbocycles. The van der Waals surface area contributed by atoms with Gasteiger partial charge in [0, 0.05) is 17.4 Å². The van der Waals surface area contributed by atoms with E-state index in [1.165, 1.54) is 23.1 Å². The Morgan fingerprint density at radius 3 is 2.76 bits per heavy atom. The molecule has 1 atom stereocenters. The largest absolute Gasteiger partial charge is 0.452 e. The van der Waals surface area contributed by atoms with Crippen molar-refractivity contribution in [3.63, 3.8) is 0 Å². The number of aromatic nitrogens is 1. The second-order valence-corrected chi connectivity index (χ2v) is 7.17. The summed E-state index contributed by atoms with van der Waals surface area (Å²) in [5.41, 5.74) is 3.01. The second kappa shape index (κ2) is 7.97. The van der Waals surface area contributed by atoms with Gasteiger partial charge in [-0.25, -0.2) is 9.18 Å². The number of hydrogen-bond acceptors (Lipinski definition) is 4. The summed E-state index contributed by atoms with van der Waals surface area (Å²) in [6.45, 7) is 1.11. The summed E-state index contributed by atoms with van der Waals surface area (Å²) in [6, 6.07) is 13.2. The van der Waals surface area contributed by atoms with Crippen molar-refractivity contribution >= 4 is 28.5 Å². The van der Waals surface area contributed by atoms with E-state index in [1.807, 2.05) is 24.3 Å². The number of pyridine rings is 1. The number of hydrogen-bond donors (Lipinski definition) is 2. The fraction of sp³-hybridized carbons (Fsp3) is 0.227. The van der Waals surface area contributed by atoms with Gasteiger partial charge in [0.25, 0.3) is 5.91 Å². The van der Waals surface area contributed by atoms with Crippen molar-refractivity contribution in [2.75, 3.05) is 25.5 Å². The van der Waals surface area contributed by atoms with Crippen molar-refractivity contribution in [2.24, 2.45) is 0 Å². The predicted molar refractivity (Wildman–Crippen MR) is 106 cm³/mol. The van der Waals surface area contributed by atoms with E-state index in [2.05, 4.69) is 12.4 Å². The van der Waals surface area contributed by atoms with E-state index in [9.17, 15) is 14.0 Å². The molecule has 1 aliphatic rings. The number of rotatable bonds is 4. The minimum atomic E-state index is -0.599. The number of halogens is 1. The van der Waals surface area contributed by atoms with E-state index in [1.54, 1.807) is 6.07 Å². The fourth-order valence-corrected chi connectivity index (χ4v) is 3.61. The molecule has 0 bridgehead atoms. The zero-order valence-electron chi connectivity index (χ0n) is 16.0. The summed E-state index contributed by atoms with van der Waals surface area (Å²) in [4.78, 5) is 31.1. The van der Waals surface area contributed by atoms with Crippen LogP contribution in [0.3, 0.4) is 0 Å². The van der Waals surface area contributed by atoms with Gasteiger partial charge in [0.1, 0.15) is 12.4 Å². The summed E-state index contributed by atoms with van der Waals surface area (Å²) in [5.74, 6) is -1.72. The van der Waals surface area contributed by atoms with E-state index in [0.29, 0.717) is 17.5 Å². The lowest BCUT2D eigenvalue weighted by Gasteiger charge is -2.24. The molecule has 0 saturated carbocycles. The van der Waals surface area contributed by atoms with Crippen LogP contribution in [0.4, 0.5) is 10.1 Å². The van der Waals surface area contributed by atoms with Crippen molar-refractivity contribution in [3.8, 4) is 0 Å². The highest BCUT2D eigenvalue weighted by Crippen LogP contribution is 2.25. The average molecular weight is 394 g/mol. The van der Waals surface area contributed by atoms with Crippen LogP contribution in [-0.4, -0.2) is 37.1 Å². The van der Waals surface area contributed by atoms with Crippen molar-refractivity contribution < 1.29 is 23.6 Å². The number of likely N-dealkylation sites (N-methyl/N-ethyl adjacent to an activating group) is 1. The van der Waals surface area contributed by atoms with Crippen LogP contribution in [0, 0.1) is 5.82 Å². The number of para-hydroxylation sites is 2. The zero-order valence-corrected chi connectivity index (χ0v) is 16.0. The first-order chi connectivity index (χ1) is 14.0. The maximum Gasteiger partial charge on any atom is 0.339 e. The lowest BCUT2D eigenvalue weighted by Crippen LogP contribution is -3.08. The van der Waals surface area contributed by atoms with Gasteiger partial charge in [0.05, 0.1) is 36.1 Å². The Balaban J connectivity index is 1.57. The van der Waals surface area contributed by atoms with Crippen molar-refractivity contribution in [1.29, 1.82) is 0 Å². The topological polar surface area (TPSA) is 72.7 Å². The van der Waals surface area contributed by atoms with Gasteiger partial charge >= 0.3 is 5.97 Å². The van der Waals surface area contributed by atoms with Crippen molar-refractivity contribution in [2.45, 2.75) is 13.0 Å². The van der Waals surface area contributed by atoms with Gasteiger partial charge in [0.15, 0.2) is 6.61 Å². The van der Waals surface area contributed by atoms with Crippen molar-refractivity contribution in [3.05, 3.63) is 71.2 Å². The number of esters is 1. The molecule has 0 spiro atoms. The number of carbonyl (C=O) groups excluding carboxylic acids is 2. The maximum atomic E-state index is 13.7. The second-order valence-electron chi connectivity index (χ2n) is 7.17. The number of nitrogens with one attached hydrogen (secondary N) is 2. The van der Waals surface area contributed by atoms with E-state index < -0.39 is 24.3 Å². The molecule has 0 aliphatic carbocycles. The molecule has 148 valence electrons. The Morgan fingerprint density at radius 2 is 1.93 bits per heavy atom. The number of quaternary nitrogens is 1. The van der Waals surface area contributed by atoms with Crippen LogP contribution in [0.1, 0.15) is 21.6 Å². The van der Waals surface area contributed by atoms with Gasteiger partial charge in [-0.15, -0.1) is 0 Å². The molecular formula is C22H21FN3O3+. The molecule has 3 aromatic rings. The number of carbonyl (C=O) groups is 2.